The second-order valence-corrected chi connectivity index (χ2v) is 4.35. The molecule has 3 N–H and O–H groups in total. The Morgan fingerprint density at radius 1 is 1.40 bits per heavy atom. The first kappa shape index (κ1) is 11.4. The number of hydrogen-bond acceptors (Lipinski definition) is 3. The summed E-state index contributed by atoms with van der Waals surface area (Å²) in [7, 11) is 0. The van der Waals surface area contributed by atoms with Gasteiger partial charge in [0.05, 0.1) is 0 Å². The van der Waals surface area contributed by atoms with E-state index in [1.807, 2.05) is 20.8 Å². The van der Waals surface area contributed by atoms with Crippen LogP contribution in [0.3, 0.4) is 0 Å². The van der Waals surface area contributed by atoms with Gasteiger partial charge in [-0.15, -0.1) is 0 Å². The number of phenols is 1. The first-order chi connectivity index (χ1) is 6.80. The Labute approximate surface area is 88.7 Å². The number of phenolic OH excluding ortho intramolecular Hbond substituents is 1. The maximum Gasteiger partial charge on any atom is 0.409 e. The molecule has 0 saturated carbocycles. The Morgan fingerprint density at radius 3 is 2.47 bits per heavy atom. The minimum absolute atomic E-state index is 0.136. The van der Waals surface area contributed by atoms with Crippen LogP contribution in [0.25, 0.3) is 0 Å². The van der Waals surface area contributed by atoms with E-state index in [0.717, 1.165) is 5.56 Å². The molecule has 0 fully saturated rings. The summed E-state index contributed by atoms with van der Waals surface area (Å²) in [5, 5.41) is 9.36. The average Bonchev–Trinajstić information content (AvgIpc) is 2.05. The molecule has 0 aliphatic carbocycles. The fraction of sp³-hybridized carbons (Fsp3) is 0.364. The highest BCUT2D eigenvalue weighted by atomic mass is 16.5. The van der Waals surface area contributed by atoms with Crippen LogP contribution in [0.4, 0.5) is 4.79 Å². The lowest BCUT2D eigenvalue weighted by molar-refractivity contribution is 0.210. The molecule has 0 heterocycles. The van der Waals surface area contributed by atoms with E-state index in [2.05, 4.69) is 0 Å². The lowest BCUT2D eigenvalue weighted by atomic mass is 9.86. The van der Waals surface area contributed by atoms with Crippen molar-refractivity contribution in [2.45, 2.75) is 26.2 Å². The normalized spacial score (nSPS) is 11.1. The van der Waals surface area contributed by atoms with E-state index in [1.54, 1.807) is 6.07 Å². The van der Waals surface area contributed by atoms with Gasteiger partial charge < -0.3 is 15.6 Å². The van der Waals surface area contributed by atoms with Crippen LogP contribution in [0.15, 0.2) is 18.2 Å². The van der Waals surface area contributed by atoms with Gasteiger partial charge in [-0.3, -0.25) is 0 Å². The molecule has 82 valence electrons. The number of carbonyl (C=O) groups excluding carboxylic acids is 1. The molecule has 1 rings (SSSR count). The van der Waals surface area contributed by atoms with Crippen LogP contribution in [0, 0.1) is 0 Å². The van der Waals surface area contributed by atoms with E-state index >= 15 is 0 Å². The molecule has 0 radical (unpaired) electrons. The van der Waals surface area contributed by atoms with Crippen molar-refractivity contribution in [2.75, 3.05) is 0 Å². The number of carbonyl (C=O) groups is 1. The van der Waals surface area contributed by atoms with E-state index in [1.165, 1.54) is 12.1 Å². The van der Waals surface area contributed by atoms with Gasteiger partial charge in [-0.25, -0.2) is 4.79 Å². The minimum atomic E-state index is -0.855. The zero-order valence-electron chi connectivity index (χ0n) is 9.07. The zero-order valence-corrected chi connectivity index (χ0v) is 9.07. The third-order valence-electron chi connectivity index (χ3n) is 1.98. The molecule has 0 aliphatic rings. The zero-order chi connectivity index (χ0) is 11.6. The molecule has 1 aromatic carbocycles. The molecule has 1 aromatic rings. The van der Waals surface area contributed by atoms with Gasteiger partial charge in [0.15, 0.2) is 0 Å². The molecule has 4 nitrogen and oxygen atoms in total. The van der Waals surface area contributed by atoms with Gasteiger partial charge in [0.1, 0.15) is 11.5 Å². The molecule has 0 aromatic heterocycles. The van der Waals surface area contributed by atoms with Gasteiger partial charge in [-0.1, -0.05) is 20.8 Å². The Bertz CT molecular complexity index is 380. The standard InChI is InChI=1S/C11H15NO3/c1-11(2,3)8-6-7(13)4-5-9(8)15-10(12)14/h4-6,13H,1-3H3,(H2,12,14). The maximum atomic E-state index is 10.7. The average molecular weight is 209 g/mol. The quantitative estimate of drug-likeness (QED) is 0.744. The number of nitrogens with two attached hydrogens (primary N) is 1. The smallest absolute Gasteiger partial charge is 0.409 e. The van der Waals surface area contributed by atoms with Gasteiger partial charge in [0, 0.05) is 5.56 Å². The monoisotopic (exact) mass is 209 g/mol. The van der Waals surface area contributed by atoms with Crippen molar-refractivity contribution in [1.29, 1.82) is 0 Å². The summed E-state index contributed by atoms with van der Waals surface area (Å²) >= 11 is 0. The van der Waals surface area contributed by atoms with Gasteiger partial charge in [-0.05, 0) is 23.6 Å². The lowest BCUT2D eigenvalue weighted by Crippen LogP contribution is -2.20. The maximum absolute atomic E-state index is 10.7. The van der Waals surface area contributed by atoms with Crippen LogP contribution in [-0.2, 0) is 5.41 Å². The van der Waals surface area contributed by atoms with Gasteiger partial charge in [0.2, 0.25) is 0 Å². The predicted molar refractivity (Wildman–Crippen MR) is 57.0 cm³/mol. The van der Waals surface area contributed by atoms with Crippen molar-refractivity contribution in [3.8, 4) is 11.5 Å². The van der Waals surface area contributed by atoms with Crippen LogP contribution < -0.4 is 10.5 Å². The number of amides is 1. The Hall–Kier alpha value is -1.71. The van der Waals surface area contributed by atoms with E-state index < -0.39 is 6.09 Å². The second-order valence-electron chi connectivity index (χ2n) is 4.35. The van der Waals surface area contributed by atoms with Gasteiger partial charge >= 0.3 is 6.09 Å². The van der Waals surface area contributed by atoms with E-state index in [-0.39, 0.29) is 11.2 Å². The number of hydrogen-bond donors (Lipinski definition) is 2. The first-order valence-corrected chi connectivity index (χ1v) is 4.61. The molecule has 4 heteroatoms. The molecule has 0 atom stereocenters. The summed E-state index contributed by atoms with van der Waals surface area (Å²) < 4.78 is 4.85. The predicted octanol–water partition coefficient (Wildman–Crippen LogP) is 2.15. The fourth-order valence-electron chi connectivity index (χ4n) is 1.30. The third kappa shape index (κ3) is 2.87. The summed E-state index contributed by atoms with van der Waals surface area (Å²) in [5.74, 6) is 0.518. The molecular formula is C11H15NO3. The molecule has 0 saturated heterocycles. The van der Waals surface area contributed by atoms with E-state index in [9.17, 15) is 9.90 Å². The number of primary amides is 1. The van der Waals surface area contributed by atoms with Crippen LogP contribution >= 0.6 is 0 Å². The van der Waals surface area contributed by atoms with Crippen molar-refractivity contribution >= 4 is 6.09 Å². The second kappa shape index (κ2) is 3.81. The SMILES string of the molecule is CC(C)(C)c1cc(O)ccc1OC(N)=O. The summed E-state index contributed by atoms with van der Waals surface area (Å²) in [4.78, 5) is 10.7. The molecule has 0 aliphatic heterocycles. The Morgan fingerprint density at radius 2 is 2.00 bits per heavy atom. The van der Waals surface area contributed by atoms with Crippen molar-refractivity contribution in [3.63, 3.8) is 0 Å². The number of rotatable bonds is 1. The molecular weight excluding hydrogens is 194 g/mol. The van der Waals surface area contributed by atoms with Crippen molar-refractivity contribution in [2.24, 2.45) is 5.73 Å². The Balaban J connectivity index is 3.20. The third-order valence-corrected chi connectivity index (χ3v) is 1.98. The minimum Gasteiger partial charge on any atom is -0.508 e. The van der Waals surface area contributed by atoms with Crippen molar-refractivity contribution in [3.05, 3.63) is 23.8 Å². The van der Waals surface area contributed by atoms with Gasteiger partial charge in [0.25, 0.3) is 0 Å². The molecule has 0 spiro atoms. The molecule has 0 unspecified atom stereocenters. The van der Waals surface area contributed by atoms with Crippen LogP contribution in [0.5, 0.6) is 11.5 Å². The highest BCUT2D eigenvalue weighted by Crippen LogP contribution is 2.33. The van der Waals surface area contributed by atoms with E-state index in [0.29, 0.717) is 5.75 Å². The topological polar surface area (TPSA) is 72.6 Å². The highest BCUT2D eigenvalue weighted by molar-refractivity contribution is 5.69. The first-order valence-electron chi connectivity index (χ1n) is 4.61. The number of ether oxygens (including phenoxy) is 1. The number of benzene rings is 1. The number of aromatic hydroxyl groups is 1. The largest absolute Gasteiger partial charge is 0.508 e. The van der Waals surface area contributed by atoms with Crippen molar-refractivity contribution in [1.82, 2.24) is 0 Å². The van der Waals surface area contributed by atoms with Crippen LogP contribution in [-0.4, -0.2) is 11.2 Å². The molecule has 15 heavy (non-hydrogen) atoms. The molecule has 1 amide bonds. The van der Waals surface area contributed by atoms with Crippen molar-refractivity contribution < 1.29 is 14.6 Å². The summed E-state index contributed by atoms with van der Waals surface area (Å²) in [5.41, 5.74) is 5.46. The van der Waals surface area contributed by atoms with Gasteiger partial charge in [-0.2, -0.15) is 0 Å². The highest BCUT2D eigenvalue weighted by Gasteiger charge is 2.20. The van der Waals surface area contributed by atoms with Crippen LogP contribution in [0.1, 0.15) is 26.3 Å². The summed E-state index contributed by atoms with van der Waals surface area (Å²) in [6.45, 7) is 5.86. The summed E-state index contributed by atoms with van der Waals surface area (Å²) in [6.07, 6.45) is -0.855. The van der Waals surface area contributed by atoms with E-state index in [4.69, 9.17) is 10.5 Å². The Kier molecular flexibility index (Phi) is 2.88. The van der Waals surface area contributed by atoms with Crippen LogP contribution in [0.2, 0.25) is 0 Å². The fourth-order valence-corrected chi connectivity index (χ4v) is 1.30. The molecule has 0 bridgehead atoms. The summed E-state index contributed by atoms with van der Waals surface area (Å²) in [6, 6.07) is 4.55. The lowest BCUT2D eigenvalue weighted by Gasteiger charge is -2.21.